The third kappa shape index (κ3) is 5.11. The Bertz CT molecular complexity index is 1530. The predicted molar refractivity (Wildman–Crippen MR) is 152 cm³/mol. The summed E-state index contributed by atoms with van der Waals surface area (Å²) >= 11 is 0. The second-order valence-corrected chi connectivity index (χ2v) is 9.59. The van der Waals surface area contributed by atoms with Crippen LogP contribution in [0.5, 0.6) is 5.75 Å². The minimum atomic E-state index is -0.884. The molecule has 7 nitrogen and oxygen atoms in total. The highest BCUT2D eigenvalue weighted by atomic mass is 16.5. The molecule has 1 aliphatic rings. The van der Waals surface area contributed by atoms with Crippen molar-refractivity contribution in [3.05, 3.63) is 125 Å². The Morgan fingerprint density at radius 3 is 2.31 bits per heavy atom. The van der Waals surface area contributed by atoms with Gasteiger partial charge in [-0.2, -0.15) is 0 Å². The molecular formula is C32H29N3O4. The highest BCUT2D eigenvalue weighted by Crippen LogP contribution is 2.42. The second kappa shape index (κ2) is 10.8. The topological polar surface area (TPSA) is 83.0 Å². The van der Waals surface area contributed by atoms with E-state index >= 15 is 0 Å². The van der Waals surface area contributed by atoms with E-state index in [0.29, 0.717) is 29.3 Å². The second-order valence-electron chi connectivity index (χ2n) is 9.59. The fraction of sp³-hybridized carbons (Fsp3) is 0.156. The molecule has 7 heteroatoms. The average Bonchev–Trinajstić information content (AvgIpc) is 3.23. The number of carbonyl (C=O) groups is 2. The number of anilines is 2. The van der Waals surface area contributed by atoms with Crippen LogP contribution in [0.1, 0.15) is 28.4 Å². The van der Waals surface area contributed by atoms with Crippen LogP contribution in [0.25, 0.3) is 5.76 Å². The number of aliphatic hydroxyl groups is 1. The molecule has 0 spiro atoms. The molecule has 1 aromatic heterocycles. The van der Waals surface area contributed by atoms with E-state index in [2.05, 4.69) is 4.98 Å². The van der Waals surface area contributed by atoms with E-state index in [1.807, 2.05) is 68.4 Å². The smallest absolute Gasteiger partial charge is 0.300 e. The zero-order valence-electron chi connectivity index (χ0n) is 22.0. The molecule has 0 aliphatic carbocycles. The van der Waals surface area contributed by atoms with Gasteiger partial charge in [-0.3, -0.25) is 19.5 Å². The Morgan fingerprint density at radius 2 is 1.67 bits per heavy atom. The summed E-state index contributed by atoms with van der Waals surface area (Å²) in [6, 6.07) is 26.8. The number of ketones is 1. The summed E-state index contributed by atoms with van der Waals surface area (Å²) < 4.78 is 5.97. The molecule has 1 unspecified atom stereocenters. The number of ether oxygens (including phenoxy) is 1. The Morgan fingerprint density at radius 1 is 0.949 bits per heavy atom. The molecule has 5 rings (SSSR count). The molecule has 2 heterocycles. The van der Waals surface area contributed by atoms with Gasteiger partial charge in [-0.05, 0) is 72.6 Å². The van der Waals surface area contributed by atoms with Gasteiger partial charge in [-0.15, -0.1) is 0 Å². The van der Waals surface area contributed by atoms with Crippen molar-refractivity contribution >= 4 is 28.8 Å². The van der Waals surface area contributed by atoms with Crippen LogP contribution in [-0.4, -0.2) is 35.9 Å². The highest BCUT2D eigenvalue weighted by Gasteiger charge is 2.47. The lowest BCUT2D eigenvalue weighted by Crippen LogP contribution is -2.29. The molecule has 1 N–H and O–H groups in total. The van der Waals surface area contributed by atoms with Crippen molar-refractivity contribution in [2.75, 3.05) is 23.9 Å². The molecule has 1 saturated heterocycles. The zero-order chi connectivity index (χ0) is 27.5. The van der Waals surface area contributed by atoms with Crippen molar-refractivity contribution in [2.45, 2.75) is 19.6 Å². The van der Waals surface area contributed by atoms with E-state index < -0.39 is 17.7 Å². The molecule has 0 saturated carbocycles. The Kier molecular flexibility index (Phi) is 7.14. The number of pyridine rings is 1. The Balaban J connectivity index is 1.53. The first-order chi connectivity index (χ1) is 18.8. The quantitative estimate of drug-likeness (QED) is 0.193. The molecule has 1 aliphatic heterocycles. The van der Waals surface area contributed by atoms with Crippen molar-refractivity contribution in [3.63, 3.8) is 0 Å². The monoisotopic (exact) mass is 519 g/mol. The number of amides is 1. The standard InChI is InChI=1S/C32H29N3O4/c1-21-19-23(12-17-27(21)39-20-22-9-5-4-6-10-22)30(36)28-29(26-11-7-8-18-33-26)35(32(38)31(28)37)25-15-13-24(14-16-25)34(2)3/h4-19,29,36H,20H2,1-3H3/b30-28-. The van der Waals surface area contributed by atoms with Crippen LogP contribution in [0.15, 0.2) is 103 Å². The van der Waals surface area contributed by atoms with Crippen LogP contribution in [0.4, 0.5) is 11.4 Å². The van der Waals surface area contributed by atoms with E-state index in [9.17, 15) is 14.7 Å². The van der Waals surface area contributed by atoms with Gasteiger partial charge < -0.3 is 14.7 Å². The van der Waals surface area contributed by atoms with Gasteiger partial charge in [0.1, 0.15) is 24.2 Å². The van der Waals surface area contributed by atoms with Gasteiger partial charge in [0.25, 0.3) is 11.7 Å². The minimum absolute atomic E-state index is 0.00672. The summed E-state index contributed by atoms with van der Waals surface area (Å²) in [7, 11) is 3.85. The molecule has 3 aromatic carbocycles. The summed E-state index contributed by atoms with van der Waals surface area (Å²) in [5.74, 6) is -1.07. The van der Waals surface area contributed by atoms with Crippen molar-refractivity contribution < 1.29 is 19.4 Å². The lowest BCUT2D eigenvalue weighted by atomic mass is 9.97. The Labute approximate surface area is 227 Å². The summed E-state index contributed by atoms with van der Waals surface area (Å²) in [5.41, 5.74) is 4.22. The van der Waals surface area contributed by atoms with Gasteiger partial charge in [0.15, 0.2) is 0 Å². The van der Waals surface area contributed by atoms with E-state index in [0.717, 1.165) is 16.8 Å². The van der Waals surface area contributed by atoms with Crippen LogP contribution in [0.2, 0.25) is 0 Å². The van der Waals surface area contributed by atoms with E-state index in [-0.39, 0.29) is 11.3 Å². The molecule has 196 valence electrons. The maximum absolute atomic E-state index is 13.4. The number of rotatable bonds is 7. The number of nitrogens with zero attached hydrogens (tertiary/aromatic N) is 3. The predicted octanol–water partition coefficient (Wildman–Crippen LogP) is 5.66. The first kappa shape index (κ1) is 25.7. The maximum Gasteiger partial charge on any atom is 0.300 e. The first-order valence-electron chi connectivity index (χ1n) is 12.6. The first-order valence-corrected chi connectivity index (χ1v) is 12.6. The zero-order valence-corrected chi connectivity index (χ0v) is 22.0. The van der Waals surface area contributed by atoms with Crippen molar-refractivity contribution in [3.8, 4) is 5.75 Å². The number of hydrogen-bond acceptors (Lipinski definition) is 6. The van der Waals surface area contributed by atoms with Gasteiger partial charge in [0.2, 0.25) is 0 Å². The van der Waals surface area contributed by atoms with Crippen LogP contribution >= 0.6 is 0 Å². The number of carbonyl (C=O) groups excluding carboxylic acids is 2. The molecule has 4 aromatic rings. The lowest BCUT2D eigenvalue weighted by Gasteiger charge is -2.25. The van der Waals surface area contributed by atoms with Crippen molar-refractivity contribution in [2.24, 2.45) is 0 Å². The lowest BCUT2D eigenvalue weighted by molar-refractivity contribution is -0.132. The maximum atomic E-state index is 13.4. The third-order valence-corrected chi connectivity index (χ3v) is 6.74. The largest absolute Gasteiger partial charge is 0.507 e. The van der Waals surface area contributed by atoms with Gasteiger partial charge in [0, 0.05) is 37.2 Å². The fourth-order valence-electron chi connectivity index (χ4n) is 4.68. The Hall–Kier alpha value is -4.91. The van der Waals surface area contributed by atoms with Gasteiger partial charge in [-0.1, -0.05) is 36.4 Å². The van der Waals surface area contributed by atoms with Crippen LogP contribution in [0.3, 0.4) is 0 Å². The van der Waals surface area contributed by atoms with E-state index in [1.54, 1.807) is 54.7 Å². The van der Waals surface area contributed by atoms with Gasteiger partial charge >= 0.3 is 0 Å². The fourth-order valence-corrected chi connectivity index (χ4v) is 4.68. The normalized spacial score (nSPS) is 16.4. The molecule has 39 heavy (non-hydrogen) atoms. The SMILES string of the molecule is Cc1cc(/C(O)=C2/C(=O)C(=O)N(c3ccc(N(C)C)cc3)C2c2ccccn2)ccc1OCc1ccccc1. The third-order valence-electron chi connectivity index (χ3n) is 6.74. The number of Topliss-reactive ketones (excluding diaryl/α,β-unsaturated/α-hetero) is 1. The van der Waals surface area contributed by atoms with Gasteiger partial charge in [0.05, 0.1) is 11.3 Å². The van der Waals surface area contributed by atoms with Crippen LogP contribution < -0.4 is 14.5 Å². The molecule has 1 atom stereocenters. The number of benzene rings is 3. The highest BCUT2D eigenvalue weighted by molar-refractivity contribution is 6.51. The number of aryl methyl sites for hydroxylation is 1. The van der Waals surface area contributed by atoms with Crippen LogP contribution in [-0.2, 0) is 16.2 Å². The van der Waals surface area contributed by atoms with Crippen molar-refractivity contribution in [1.82, 2.24) is 4.98 Å². The number of hydrogen-bond donors (Lipinski definition) is 1. The van der Waals surface area contributed by atoms with Crippen molar-refractivity contribution in [1.29, 1.82) is 0 Å². The van der Waals surface area contributed by atoms with E-state index in [1.165, 1.54) is 4.90 Å². The summed E-state index contributed by atoms with van der Waals surface area (Å²) in [5, 5.41) is 11.4. The number of aliphatic hydroxyl groups excluding tert-OH is 1. The molecule has 1 amide bonds. The molecular weight excluding hydrogens is 490 g/mol. The number of aromatic nitrogens is 1. The summed E-state index contributed by atoms with van der Waals surface area (Å²) in [6.45, 7) is 2.28. The molecule has 0 bridgehead atoms. The molecule has 0 radical (unpaired) electrons. The van der Waals surface area contributed by atoms with E-state index in [4.69, 9.17) is 4.74 Å². The average molecular weight is 520 g/mol. The minimum Gasteiger partial charge on any atom is -0.507 e. The van der Waals surface area contributed by atoms with Crippen LogP contribution in [0, 0.1) is 6.92 Å². The summed E-state index contributed by atoms with van der Waals surface area (Å²) in [6.07, 6.45) is 1.60. The van der Waals surface area contributed by atoms with Gasteiger partial charge in [-0.25, -0.2) is 0 Å². The summed E-state index contributed by atoms with van der Waals surface area (Å²) in [4.78, 5) is 34.6. The molecule has 1 fully saturated rings.